The number of hydrogen-bond acceptors (Lipinski definition) is 2. The molecular weight excluding hydrogens is 300 g/mol. The SMILES string of the molecule is CCC1CC(Sc2ccccc2Br)(C(=O)O)C1. The Kier molecular flexibility index (Phi) is 3.83. The average Bonchev–Trinajstić information content (AvgIpc) is 2.24. The Morgan fingerprint density at radius 2 is 2.18 bits per heavy atom. The van der Waals surface area contributed by atoms with Crippen molar-refractivity contribution in [3.8, 4) is 0 Å². The van der Waals surface area contributed by atoms with Crippen LogP contribution in [0, 0.1) is 5.92 Å². The second-order valence-corrected chi connectivity index (χ2v) is 6.79. The van der Waals surface area contributed by atoms with E-state index in [1.165, 1.54) is 11.8 Å². The molecule has 2 nitrogen and oxygen atoms in total. The topological polar surface area (TPSA) is 37.3 Å². The summed E-state index contributed by atoms with van der Waals surface area (Å²) in [7, 11) is 0. The number of halogens is 1. The van der Waals surface area contributed by atoms with Crippen LogP contribution < -0.4 is 0 Å². The van der Waals surface area contributed by atoms with Crippen LogP contribution in [0.4, 0.5) is 0 Å². The lowest BCUT2D eigenvalue weighted by Crippen LogP contribution is -2.47. The van der Waals surface area contributed by atoms with Gasteiger partial charge in [-0.2, -0.15) is 0 Å². The number of carboxylic acids is 1. The van der Waals surface area contributed by atoms with E-state index in [2.05, 4.69) is 22.9 Å². The van der Waals surface area contributed by atoms with E-state index in [9.17, 15) is 9.90 Å². The van der Waals surface area contributed by atoms with E-state index in [0.717, 1.165) is 28.6 Å². The van der Waals surface area contributed by atoms with Gasteiger partial charge in [-0.15, -0.1) is 11.8 Å². The van der Waals surface area contributed by atoms with Crippen molar-refractivity contribution in [1.29, 1.82) is 0 Å². The molecule has 1 aliphatic rings. The minimum Gasteiger partial charge on any atom is -0.480 e. The molecule has 0 heterocycles. The Morgan fingerprint density at radius 1 is 1.53 bits per heavy atom. The molecular formula is C13H15BrO2S. The number of carbonyl (C=O) groups is 1. The zero-order valence-corrected chi connectivity index (χ0v) is 12.1. The van der Waals surface area contributed by atoms with E-state index in [0.29, 0.717) is 5.92 Å². The minimum absolute atomic E-state index is 0.570. The molecule has 0 spiro atoms. The van der Waals surface area contributed by atoms with E-state index in [4.69, 9.17) is 0 Å². The highest BCUT2D eigenvalue weighted by molar-refractivity contribution is 9.10. The molecule has 92 valence electrons. The van der Waals surface area contributed by atoms with Crippen LogP contribution >= 0.6 is 27.7 Å². The lowest BCUT2D eigenvalue weighted by Gasteiger charge is -2.43. The van der Waals surface area contributed by atoms with Gasteiger partial charge in [0.05, 0.1) is 0 Å². The van der Waals surface area contributed by atoms with Crippen LogP contribution in [-0.4, -0.2) is 15.8 Å². The highest BCUT2D eigenvalue weighted by atomic mass is 79.9. The molecule has 0 aliphatic heterocycles. The Labute approximate surface area is 114 Å². The Hall–Kier alpha value is -0.480. The smallest absolute Gasteiger partial charge is 0.320 e. The van der Waals surface area contributed by atoms with Crippen molar-refractivity contribution in [2.45, 2.75) is 35.8 Å². The Balaban J connectivity index is 2.16. The monoisotopic (exact) mass is 314 g/mol. The van der Waals surface area contributed by atoms with Crippen LogP contribution in [0.3, 0.4) is 0 Å². The first-order valence-electron chi connectivity index (χ1n) is 5.74. The summed E-state index contributed by atoms with van der Waals surface area (Å²) in [5.41, 5.74) is 0. The van der Waals surface area contributed by atoms with Gasteiger partial charge in [0.25, 0.3) is 0 Å². The van der Waals surface area contributed by atoms with Gasteiger partial charge >= 0.3 is 5.97 Å². The van der Waals surface area contributed by atoms with Crippen molar-refractivity contribution < 1.29 is 9.90 Å². The molecule has 1 aromatic rings. The molecule has 1 aromatic carbocycles. The fourth-order valence-corrected chi connectivity index (χ4v) is 4.19. The third-order valence-corrected chi connectivity index (χ3v) is 5.77. The molecule has 2 rings (SSSR count). The van der Waals surface area contributed by atoms with Crippen molar-refractivity contribution in [3.63, 3.8) is 0 Å². The van der Waals surface area contributed by atoms with E-state index in [-0.39, 0.29) is 0 Å². The molecule has 0 amide bonds. The van der Waals surface area contributed by atoms with Crippen LogP contribution in [0.5, 0.6) is 0 Å². The molecule has 0 aromatic heterocycles. The third kappa shape index (κ3) is 2.52. The van der Waals surface area contributed by atoms with E-state index in [1.54, 1.807) is 0 Å². The zero-order chi connectivity index (χ0) is 12.5. The lowest BCUT2D eigenvalue weighted by molar-refractivity contribution is -0.143. The quantitative estimate of drug-likeness (QED) is 0.905. The summed E-state index contributed by atoms with van der Waals surface area (Å²) >= 11 is 4.96. The molecule has 1 saturated carbocycles. The highest BCUT2D eigenvalue weighted by Gasteiger charge is 2.50. The van der Waals surface area contributed by atoms with Crippen LogP contribution in [0.15, 0.2) is 33.6 Å². The summed E-state index contributed by atoms with van der Waals surface area (Å²) in [6, 6.07) is 7.81. The van der Waals surface area contributed by atoms with Gasteiger partial charge in [0.1, 0.15) is 4.75 Å². The molecule has 1 N–H and O–H groups in total. The first kappa shape index (κ1) is 13.0. The predicted octanol–water partition coefficient (Wildman–Crippen LogP) is 4.18. The number of hydrogen-bond donors (Lipinski definition) is 1. The predicted molar refractivity (Wildman–Crippen MR) is 73.4 cm³/mol. The number of benzene rings is 1. The summed E-state index contributed by atoms with van der Waals surface area (Å²) in [5.74, 6) is -0.107. The maximum Gasteiger partial charge on any atom is 0.320 e. The van der Waals surface area contributed by atoms with Gasteiger partial charge in [0.15, 0.2) is 0 Å². The molecule has 4 heteroatoms. The van der Waals surface area contributed by atoms with E-state index >= 15 is 0 Å². The van der Waals surface area contributed by atoms with Gasteiger partial charge in [-0.1, -0.05) is 25.5 Å². The maximum absolute atomic E-state index is 11.4. The first-order chi connectivity index (χ1) is 8.07. The summed E-state index contributed by atoms with van der Waals surface area (Å²) in [5, 5.41) is 9.41. The van der Waals surface area contributed by atoms with Crippen molar-refractivity contribution >= 4 is 33.7 Å². The van der Waals surface area contributed by atoms with E-state index in [1.807, 2.05) is 24.3 Å². The molecule has 1 aliphatic carbocycles. The minimum atomic E-state index is -0.678. The standard InChI is InChI=1S/C13H15BrO2S/c1-2-9-7-13(8-9,12(15)16)17-11-6-4-3-5-10(11)14/h3-6,9H,2,7-8H2,1H3,(H,15,16). The van der Waals surface area contributed by atoms with E-state index < -0.39 is 10.7 Å². The highest BCUT2D eigenvalue weighted by Crippen LogP contribution is 2.53. The number of carboxylic acid groups (broad SMARTS) is 1. The van der Waals surface area contributed by atoms with Crippen LogP contribution in [0.1, 0.15) is 26.2 Å². The number of rotatable bonds is 4. The van der Waals surface area contributed by atoms with Gasteiger partial charge in [-0.3, -0.25) is 4.79 Å². The second-order valence-electron chi connectivity index (χ2n) is 4.51. The van der Waals surface area contributed by atoms with Crippen LogP contribution in [0.2, 0.25) is 0 Å². The summed E-state index contributed by atoms with van der Waals surface area (Å²) in [4.78, 5) is 12.5. The second kappa shape index (κ2) is 5.02. The Bertz CT molecular complexity index is 427. The fourth-order valence-electron chi connectivity index (χ4n) is 2.20. The molecule has 1 fully saturated rings. The number of aliphatic carboxylic acids is 1. The molecule has 0 radical (unpaired) electrons. The summed E-state index contributed by atoms with van der Waals surface area (Å²) < 4.78 is 0.371. The molecule has 0 bridgehead atoms. The fraction of sp³-hybridized carbons (Fsp3) is 0.462. The summed E-state index contributed by atoms with van der Waals surface area (Å²) in [6.07, 6.45) is 2.64. The van der Waals surface area contributed by atoms with Crippen molar-refractivity contribution in [1.82, 2.24) is 0 Å². The van der Waals surface area contributed by atoms with Gasteiger partial charge in [-0.05, 0) is 46.8 Å². The Morgan fingerprint density at radius 3 is 2.71 bits per heavy atom. The van der Waals surface area contributed by atoms with Crippen molar-refractivity contribution in [3.05, 3.63) is 28.7 Å². The molecule has 0 saturated heterocycles. The van der Waals surface area contributed by atoms with Gasteiger partial charge < -0.3 is 5.11 Å². The van der Waals surface area contributed by atoms with Crippen LogP contribution in [0.25, 0.3) is 0 Å². The largest absolute Gasteiger partial charge is 0.480 e. The van der Waals surface area contributed by atoms with Crippen molar-refractivity contribution in [2.75, 3.05) is 0 Å². The lowest BCUT2D eigenvalue weighted by atomic mass is 9.73. The van der Waals surface area contributed by atoms with Gasteiger partial charge in [0, 0.05) is 9.37 Å². The normalized spacial score (nSPS) is 27.5. The average molecular weight is 315 g/mol. The molecule has 17 heavy (non-hydrogen) atoms. The van der Waals surface area contributed by atoms with Gasteiger partial charge in [0.2, 0.25) is 0 Å². The maximum atomic E-state index is 11.4. The molecule has 0 atom stereocenters. The molecule has 0 unspecified atom stereocenters. The summed E-state index contributed by atoms with van der Waals surface area (Å²) in [6.45, 7) is 2.12. The van der Waals surface area contributed by atoms with Crippen LogP contribution in [-0.2, 0) is 4.79 Å². The third-order valence-electron chi connectivity index (χ3n) is 3.35. The zero-order valence-electron chi connectivity index (χ0n) is 9.65. The number of thioether (sulfide) groups is 1. The van der Waals surface area contributed by atoms with Crippen molar-refractivity contribution in [2.24, 2.45) is 5.92 Å². The van der Waals surface area contributed by atoms with Gasteiger partial charge in [-0.25, -0.2) is 0 Å². The first-order valence-corrected chi connectivity index (χ1v) is 7.35.